The standard InChI is InChI=1S/C14H28N2/c1-11(2)7-8-15-9-14(12(3)4)10-16-13(5)6/h8-9,11-13,16H,7,10H2,1-6H3. The predicted molar refractivity (Wildman–Crippen MR) is 74.0 cm³/mol. The van der Waals surface area contributed by atoms with Crippen molar-refractivity contribution in [3.63, 3.8) is 0 Å². The van der Waals surface area contributed by atoms with Crippen molar-refractivity contribution in [2.75, 3.05) is 6.54 Å². The van der Waals surface area contributed by atoms with Crippen LogP contribution in [-0.2, 0) is 0 Å². The molecule has 0 aromatic heterocycles. The Morgan fingerprint density at radius 3 is 2.19 bits per heavy atom. The van der Waals surface area contributed by atoms with Crippen LogP contribution < -0.4 is 5.32 Å². The molecular formula is C14H28N2. The highest BCUT2D eigenvalue weighted by atomic mass is 14.9. The molecular weight excluding hydrogens is 196 g/mol. The van der Waals surface area contributed by atoms with Crippen LogP contribution in [0, 0.1) is 11.8 Å². The van der Waals surface area contributed by atoms with Crippen LogP contribution in [0.4, 0.5) is 0 Å². The summed E-state index contributed by atoms with van der Waals surface area (Å²) in [5.41, 5.74) is 1.37. The Balaban J connectivity index is 4.19. The summed E-state index contributed by atoms with van der Waals surface area (Å²) in [6, 6.07) is 0.529. The lowest BCUT2D eigenvalue weighted by Gasteiger charge is -2.13. The van der Waals surface area contributed by atoms with Crippen LogP contribution in [0.1, 0.15) is 48.0 Å². The lowest BCUT2D eigenvalue weighted by molar-refractivity contribution is 0.589. The highest BCUT2D eigenvalue weighted by molar-refractivity contribution is 5.58. The zero-order valence-corrected chi connectivity index (χ0v) is 11.7. The van der Waals surface area contributed by atoms with Crippen molar-refractivity contribution in [2.24, 2.45) is 16.8 Å². The maximum absolute atomic E-state index is 4.38. The van der Waals surface area contributed by atoms with Crippen LogP contribution in [0.5, 0.6) is 0 Å². The molecule has 0 fully saturated rings. The second-order valence-electron chi connectivity index (χ2n) is 5.36. The molecule has 0 aliphatic rings. The summed E-state index contributed by atoms with van der Waals surface area (Å²) in [7, 11) is 0. The second-order valence-corrected chi connectivity index (χ2v) is 5.36. The van der Waals surface area contributed by atoms with E-state index in [0.29, 0.717) is 17.9 Å². The maximum atomic E-state index is 4.38. The normalized spacial score (nSPS) is 13.7. The lowest BCUT2D eigenvalue weighted by Crippen LogP contribution is -2.26. The van der Waals surface area contributed by atoms with Gasteiger partial charge < -0.3 is 5.32 Å². The summed E-state index contributed by atoms with van der Waals surface area (Å²) in [4.78, 5) is 4.38. The Labute approximate surface area is 101 Å². The topological polar surface area (TPSA) is 24.4 Å². The Kier molecular flexibility index (Phi) is 8.18. The minimum Gasteiger partial charge on any atom is -0.311 e. The third-order valence-corrected chi connectivity index (χ3v) is 2.38. The van der Waals surface area contributed by atoms with Gasteiger partial charge in [0.25, 0.3) is 0 Å². The molecule has 0 aliphatic heterocycles. The monoisotopic (exact) mass is 224 g/mol. The molecule has 0 aromatic rings. The second kappa shape index (κ2) is 8.51. The first-order valence-electron chi connectivity index (χ1n) is 6.37. The van der Waals surface area contributed by atoms with E-state index in [9.17, 15) is 0 Å². The molecule has 0 unspecified atom stereocenters. The molecule has 0 atom stereocenters. The molecule has 16 heavy (non-hydrogen) atoms. The van der Waals surface area contributed by atoms with Gasteiger partial charge in [-0.3, -0.25) is 4.99 Å². The van der Waals surface area contributed by atoms with E-state index in [1.807, 2.05) is 12.4 Å². The molecule has 0 rings (SSSR count). The first-order valence-corrected chi connectivity index (χ1v) is 6.37. The fourth-order valence-corrected chi connectivity index (χ4v) is 1.14. The van der Waals surface area contributed by atoms with Gasteiger partial charge in [-0.25, -0.2) is 0 Å². The highest BCUT2D eigenvalue weighted by Gasteiger charge is 2.03. The molecule has 0 amide bonds. The summed E-state index contributed by atoms with van der Waals surface area (Å²) < 4.78 is 0. The summed E-state index contributed by atoms with van der Waals surface area (Å²) in [6.07, 6.45) is 5.09. The third-order valence-electron chi connectivity index (χ3n) is 2.38. The Morgan fingerprint density at radius 1 is 1.12 bits per heavy atom. The summed E-state index contributed by atoms with van der Waals surface area (Å²) in [5, 5.41) is 3.43. The van der Waals surface area contributed by atoms with Crippen LogP contribution in [0.2, 0.25) is 0 Å². The maximum Gasteiger partial charge on any atom is 0.0271 e. The third kappa shape index (κ3) is 8.66. The van der Waals surface area contributed by atoms with Crippen molar-refractivity contribution < 1.29 is 0 Å². The lowest BCUT2D eigenvalue weighted by atomic mass is 10.0. The molecule has 0 radical (unpaired) electrons. The highest BCUT2D eigenvalue weighted by Crippen LogP contribution is 2.08. The minimum absolute atomic E-state index is 0.529. The van der Waals surface area contributed by atoms with E-state index in [0.717, 1.165) is 13.0 Å². The molecule has 2 nitrogen and oxygen atoms in total. The van der Waals surface area contributed by atoms with E-state index in [2.05, 4.69) is 51.9 Å². The summed E-state index contributed by atoms with van der Waals surface area (Å²) in [5.74, 6) is 1.25. The first-order chi connectivity index (χ1) is 7.43. The zero-order chi connectivity index (χ0) is 12.6. The van der Waals surface area contributed by atoms with Crippen molar-refractivity contribution >= 4 is 6.21 Å². The molecule has 0 saturated heterocycles. The Hall–Kier alpha value is -0.630. The van der Waals surface area contributed by atoms with Gasteiger partial charge in [-0.2, -0.15) is 0 Å². The van der Waals surface area contributed by atoms with Crippen LogP contribution in [-0.4, -0.2) is 18.8 Å². The Bertz CT molecular complexity index is 225. The first kappa shape index (κ1) is 15.4. The Morgan fingerprint density at radius 2 is 1.75 bits per heavy atom. The van der Waals surface area contributed by atoms with Gasteiger partial charge in [-0.05, 0) is 23.8 Å². The fraction of sp³-hybridized carbons (Fsp3) is 0.786. The van der Waals surface area contributed by atoms with E-state index in [1.165, 1.54) is 5.57 Å². The van der Waals surface area contributed by atoms with Crippen molar-refractivity contribution in [3.05, 3.63) is 11.8 Å². The van der Waals surface area contributed by atoms with Gasteiger partial charge in [0.1, 0.15) is 0 Å². The van der Waals surface area contributed by atoms with Gasteiger partial charge in [0.2, 0.25) is 0 Å². The average Bonchev–Trinajstić information content (AvgIpc) is 2.15. The van der Waals surface area contributed by atoms with Gasteiger partial charge in [-0.15, -0.1) is 0 Å². The van der Waals surface area contributed by atoms with Crippen LogP contribution in [0.3, 0.4) is 0 Å². The van der Waals surface area contributed by atoms with E-state index in [4.69, 9.17) is 0 Å². The van der Waals surface area contributed by atoms with Crippen molar-refractivity contribution in [1.29, 1.82) is 0 Å². The van der Waals surface area contributed by atoms with Crippen LogP contribution in [0.25, 0.3) is 0 Å². The summed E-state index contributed by atoms with van der Waals surface area (Å²) >= 11 is 0. The number of hydrogen-bond donors (Lipinski definition) is 1. The average molecular weight is 224 g/mol. The predicted octanol–water partition coefficient (Wildman–Crippen LogP) is 3.64. The van der Waals surface area contributed by atoms with E-state index < -0.39 is 0 Å². The van der Waals surface area contributed by atoms with Gasteiger partial charge in [0.15, 0.2) is 0 Å². The minimum atomic E-state index is 0.529. The number of nitrogens with zero attached hydrogens (tertiary/aromatic N) is 1. The number of nitrogens with one attached hydrogen (secondary N) is 1. The SMILES string of the molecule is CC(C)CC=NC=C(CNC(C)C)C(C)C. The molecule has 0 saturated carbocycles. The summed E-state index contributed by atoms with van der Waals surface area (Å²) in [6.45, 7) is 14.1. The molecule has 94 valence electrons. The van der Waals surface area contributed by atoms with Gasteiger partial charge in [0.05, 0.1) is 0 Å². The van der Waals surface area contributed by atoms with Crippen molar-refractivity contribution in [1.82, 2.24) is 5.32 Å². The van der Waals surface area contributed by atoms with Crippen molar-refractivity contribution in [3.8, 4) is 0 Å². The number of rotatable bonds is 7. The van der Waals surface area contributed by atoms with Crippen LogP contribution in [0.15, 0.2) is 16.8 Å². The molecule has 0 bridgehead atoms. The van der Waals surface area contributed by atoms with Crippen LogP contribution >= 0.6 is 0 Å². The molecule has 0 heterocycles. The molecule has 0 spiro atoms. The quantitative estimate of drug-likeness (QED) is 0.656. The largest absolute Gasteiger partial charge is 0.311 e. The smallest absolute Gasteiger partial charge is 0.0271 e. The molecule has 0 aromatic carbocycles. The fourth-order valence-electron chi connectivity index (χ4n) is 1.14. The van der Waals surface area contributed by atoms with E-state index in [1.54, 1.807) is 0 Å². The van der Waals surface area contributed by atoms with Gasteiger partial charge >= 0.3 is 0 Å². The van der Waals surface area contributed by atoms with Gasteiger partial charge in [0, 0.05) is 25.0 Å². The molecule has 2 heteroatoms. The number of aliphatic imine (C=N–C) groups is 1. The van der Waals surface area contributed by atoms with E-state index in [-0.39, 0.29) is 0 Å². The molecule has 0 aliphatic carbocycles. The van der Waals surface area contributed by atoms with Crippen molar-refractivity contribution in [2.45, 2.75) is 54.0 Å². The number of hydrogen-bond acceptors (Lipinski definition) is 2. The van der Waals surface area contributed by atoms with E-state index >= 15 is 0 Å². The van der Waals surface area contributed by atoms with Gasteiger partial charge in [-0.1, -0.05) is 41.5 Å². The molecule has 1 N–H and O–H groups in total. The zero-order valence-electron chi connectivity index (χ0n) is 11.7.